The van der Waals surface area contributed by atoms with Crippen LogP contribution in [-0.2, 0) is 13.0 Å². The lowest BCUT2D eigenvalue weighted by molar-refractivity contribution is 0.581. The van der Waals surface area contributed by atoms with Gasteiger partial charge in [-0.15, -0.1) is 10.2 Å². The zero-order valence-electron chi connectivity index (χ0n) is 12.1. The molecule has 1 atom stereocenters. The van der Waals surface area contributed by atoms with Crippen molar-refractivity contribution in [1.29, 1.82) is 0 Å². The van der Waals surface area contributed by atoms with Gasteiger partial charge >= 0.3 is 0 Å². The molecular formula is C15H19FN4S. The fourth-order valence-corrected chi connectivity index (χ4v) is 3.73. The van der Waals surface area contributed by atoms with Gasteiger partial charge in [0.15, 0.2) is 5.16 Å². The standard InChI is InChI=1S/C15H19FN4S/c1-10(17)11-6-5-7-12(16)14(11)21-15-19-18-13-8-3-2-4-9-20(13)15/h5-7,10H,2-4,8-9,17H2,1H3/t10-/m1/s1. The summed E-state index contributed by atoms with van der Waals surface area (Å²) in [5, 5.41) is 9.26. The Labute approximate surface area is 127 Å². The molecule has 0 aliphatic carbocycles. The summed E-state index contributed by atoms with van der Waals surface area (Å²) in [5.74, 6) is 0.759. The predicted molar refractivity (Wildman–Crippen MR) is 80.7 cm³/mol. The van der Waals surface area contributed by atoms with Crippen LogP contribution in [0, 0.1) is 5.82 Å². The lowest BCUT2D eigenvalue weighted by atomic mass is 10.1. The zero-order valence-corrected chi connectivity index (χ0v) is 12.9. The summed E-state index contributed by atoms with van der Waals surface area (Å²) in [5.41, 5.74) is 6.76. The van der Waals surface area contributed by atoms with E-state index in [4.69, 9.17) is 5.73 Å². The number of hydrogen-bond donors (Lipinski definition) is 1. The van der Waals surface area contributed by atoms with Gasteiger partial charge in [0.25, 0.3) is 0 Å². The van der Waals surface area contributed by atoms with Crippen molar-refractivity contribution in [3.8, 4) is 0 Å². The fraction of sp³-hybridized carbons (Fsp3) is 0.467. The Bertz CT molecular complexity index is 639. The zero-order chi connectivity index (χ0) is 14.8. The van der Waals surface area contributed by atoms with Gasteiger partial charge in [-0.05, 0) is 43.2 Å². The van der Waals surface area contributed by atoms with Crippen LogP contribution < -0.4 is 5.73 Å². The van der Waals surface area contributed by atoms with Gasteiger partial charge in [0.2, 0.25) is 0 Å². The number of nitrogens with zero attached hydrogens (tertiary/aromatic N) is 3. The molecule has 1 aromatic carbocycles. The van der Waals surface area contributed by atoms with E-state index in [-0.39, 0.29) is 11.9 Å². The molecule has 0 radical (unpaired) electrons. The first kappa shape index (κ1) is 14.5. The minimum atomic E-state index is -0.249. The number of aromatic nitrogens is 3. The predicted octanol–water partition coefficient (Wildman–Crippen LogP) is 3.31. The monoisotopic (exact) mass is 306 g/mol. The normalized spacial score (nSPS) is 16.3. The molecule has 2 heterocycles. The van der Waals surface area contributed by atoms with Gasteiger partial charge in [0, 0.05) is 19.0 Å². The highest BCUT2D eigenvalue weighted by molar-refractivity contribution is 7.99. The topological polar surface area (TPSA) is 56.7 Å². The Hall–Kier alpha value is -1.40. The maximum absolute atomic E-state index is 14.2. The summed E-state index contributed by atoms with van der Waals surface area (Å²) in [4.78, 5) is 0.562. The summed E-state index contributed by atoms with van der Waals surface area (Å²) < 4.78 is 16.3. The molecular weight excluding hydrogens is 287 g/mol. The van der Waals surface area contributed by atoms with E-state index in [2.05, 4.69) is 14.8 Å². The Morgan fingerprint density at radius 1 is 1.29 bits per heavy atom. The number of nitrogens with two attached hydrogens (primary N) is 1. The van der Waals surface area contributed by atoms with Crippen LogP contribution >= 0.6 is 11.8 Å². The van der Waals surface area contributed by atoms with Crippen molar-refractivity contribution in [3.63, 3.8) is 0 Å². The smallest absolute Gasteiger partial charge is 0.196 e. The van der Waals surface area contributed by atoms with Gasteiger partial charge < -0.3 is 10.3 Å². The van der Waals surface area contributed by atoms with Crippen LogP contribution in [0.25, 0.3) is 0 Å². The molecule has 2 N–H and O–H groups in total. The minimum Gasteiger partial charge on any atom is -0.324 e. The largest absolute Gasteiger partial charge is 0.324 e. The van der Waals surface area contributed by atoms with E-state index in [1.165, 1.54) is 24.2 Å². The molecule has 1 aliphatic rings. The van der Waals surface area contributed by atoms with Crippen molar-refractivity contribution >= 4 is 11.8 Å². The number of fused-ring (bicyclic) bond motifs is 1. The van der Waals surface area contributed by atoms with Crippen molar-refractivity contribution in [2.75, 3.05) is 0 Å². The molecule has 0 spiro atoms. The molecule has 4 nitrogen and oxygen atoms in total. The molecule has 6 heteroatoms. The van der Waals surface area contributed by atoms with Gasteiger partial charge in [0.1, 0.15) is 11.6 Å². The molecule has 2 aromatic rings. The third kappa shape index (κ3) is 2.96. The third-order valence-corrected chi connectivity index (χ3v) is 4.88. The summed E-state index contributed by atoms with van der Waals surface area (Å²) in [6.07, 6.45) is 4.42. The molecule has 21 heavy (non-hydrogen) atoms. The molecule has 112 valence electrons. The molecule has 0 bridgehead atoms. The highest BCUT2D eigenvalue weighted by atomic mass is 32.2. The van der Waals surface area contributed by atoms with Crippen molar-refractivity contribution in [2.24, 2.45) is 5.73 Å². The average Bonchev–Trinajstić information content (AvgIpc) is 2.69. The second kappa shape index (κ2) is 6.15. The molecule has 0 saturated heterocycles. The molecule has 0 unspecified atom stereocenters. The Morgan fingerprint density at radius 2 is 2.14 bits per heavy atom. The first-order chi connectivity index (χ1) is 10.2. The van der Waals surface area contributed by atoms with E-state index in [1.54, 1.807) is 6.07 Å². The van der Waals surface area contributed by atoms with Crippen LogP contribution in [0.5, 0.6) is 0 Å². The second-order valence-electron chi connectivity index (χ2n) is 5.41. The Kier molecular flexibility index (Phi) is 4.26. The average molecular weight is 306 g/mol. The van der Waals surface area contributed by atoms with E-state index in [0.717, 1.165) is 42.4 Å². The third-order valence-electron chi connectivity index (χ3n) is 3.76. The van der Waals surface area contributed by atoms with E-state index in [1.807, 2.05) is 13.0 Å². The van der Waals surface area contributed by atoms with Gasteiger partial charge in [-0.3, -0.25) is 0 Å². The van der Waals surface area contributed by atoms with Crippen LogP contribution in [0.1, 0.15) is 43.6 Å². The molecule has 3 rings (SSSR count). The highest BCUT2D eigenvalue weighted by Crippen LogP contribution is 2.35. The van der Waals surface area contributed by atoms with Crippen LogP contribution in [-0.4, -0.2) is 14.8 Å². The summed E-state index contributed by atoms with van der Waals surface area (Å²) in [7, 11) is 0. The van der Waals surface area contributed by atoms with Gasteiger partial charge in [0.05, 0.1) is 4.90 Å². The summed E-state index contributed by atoms with van der Waals surface area (Å²) in [6.45, 7) is 2.77. The van der Waals surface area contributed by atoms with Gasteiger partial charge in [-0.1, -0.05) is 18.6 Å². The number of benzene rings is 1. The van der Waals surface area contributed by atoms with Crippen molar-refractivity contribution in [3.05, 3.63) is 35.4 Å². The first-order valence-electron chi connectivity index (χ1n) is 7.30. The Balaban J connectivity index is 1.96. The van der Waals surface area contributed by atoms with E-state index < -0.39 is 0 Å². The molecule has 1 aliphatic heterocycles. The van der Waals surface area contributed by atoms with Crippen LogP contribution in [0.4, 0.5) is 4.39 Å². The maximum Gasteiger partial charge on any atom is 0.196 e. The second-order valence-corrected chi connectivity index (χ2v) is 6.39. The summed E-state index contributed by atoms with van der Waals surface area (Å²) in [6, 6.07) is 4.82. The maximum atomic E-state index is 14.2. The van der Waals surface area contributed by atoms with E-state index in [9.17, 15) is 4.39 Å². The molecule has 0 amide bonds. The van der Waals surface area contributed by atoms with E-state index in [0.29, 0.717) is 4.90 Å². The first-order valence-corrected chi connectivity index (χ1v) is 8.12. The number of halogens is 1. The van der Waals surface area contributed by atoms with Crippen molar-refractivity contribution in [1.82, 2.24) is 14.8 Å². The Morgan fingerprint density at radius 3 is 2.95 bits per heavy atom. The van der Waals surface area contributed by atoms with Crippen LogP contribution in [0.3, 0.4) is 0 Å². The van der Waals surface area contributed by atoms with Crippen molar-refractivity contribution < 1.29 is 4.39 Å². The van der Waals surface area contributed by atoms with E-state index >= 15 is 0 Å². The van der Waals surface area contributed by atoms with Crippen molar-refractivity contribution in [2.45, 2.75) is 55.2 Å². The molecule has 0 fully saturated rings. The SMILES string of the molecule is C[C@@H](N)c1cccc(F)c1Sc1nnc2n1CCCCC2. The lowest BCUT2D eigenvalue weighted by Gasteiger charge is -2.13. The number of hydrogen-bond acceptors (Lipinski definition) is 4. The fourth-order valence-electron chi connectivity index (χ4n) is 2.62. The summed E-state index contributed by atoms with van der Waals surface area (Å²) >= 11 is 1.33. The van der Waals surface area contributed by atoms with Gasteiger partial charge in [-0.2, -0.15) is 0 Å². The molecule has 1 aromatic heterocycles. The lowest BCUT2D eigenvalue weighted by Crippen LogP contribution is -2.08. The molecule has 0 saturated carbocycles. The van der Waals surface area contributed by atoms with Crippen LogP contribution in [0.15, 0.2) is 28.3 Å². The minimum absolute atomic E-state index is 0.213. The van der Waals surface area contributed by atoms with Gasteiger partial charge in [-0.25, -0.2) is 4.39 Å². The quantitative estimate of drug-likeness (QED) is 0.945. The highest BCUT2D eigenvalue weighted by Gasteiger charge is 2.19. The van der Waals surface area contributed by atoms with Crippen LogP contribution in [0.2, 0.25) is 0 Å². The number of rotatable bonds is 3. The number of aryl methyl sites for hydroxylation is 1.